The molecule has 0 aliphatic rings. The van der Waals surface area contributed by atoms with Crippen molar-refractivity contribution in [2.45, 2.75) is 19.5 Å². The molecular weight excluding hydrogens is 358 g/mol. The lowest BCUT2D eigenvalue weighted by molar-refractivity contribution is 0.281. The van der Waals surface area contributed by atoms with Crippen molar-refractivity contribution in [2.24, 2.45) is 14.1 Å². The first-order valence-corrected chi connectivity index (χ1v) is 8.50. The van der Waals surface area contributed by atoms with Gasteiger partial charge in [0.1, 0.15) is 0 Å². The van der Waals surface area contributed by atoms with E-state index in [4.69, 9.17) is 11.6 Å². The molecular formula is C17H20ClN5O3. The highest BCUT2D eigenvalue weighted by molar-refractivity contribution is 6.31. The molecule has 0 spiro atoms. The maximum Gasteiger partial charge on any atom is 0.332 e. The lowest BCUT2D eigenvalue weighted by atomic mass is 10.2. The second-order valence-electron chi connectivity index (χ2n) is 6.22. The molecule has 9 heteroatoms. The summed E-state index contributed by atoms with van der Waals surface area (Å²) >= 11 is 6.17. The Labute approximate surface area is 154 Å². The van der Waals surface area contributed by atoms with Crippen molar-refractivity contribution in [2.75, 3.05) is 11.9 Å². The van der Waals surface area contributed by atoms with E-state index in [1.807, 2.05) is 0 Å². The number of hydrogen-bond acceptors (Lipinski definition) is 5. The first-order valence-electron chi connectivity index (χ1n) is 8.12. The topological polar surface area (TPSA) is 94.1 Å². The van der Waals surface area contributed by atoms with Crippen molar-refractivity contribution in [1.29, 1.82) is 0 Å². The third kappa shape index (κ3) is 3.02. The molecule has 1 atom stereocenters. The van der Waals surface area contributed by atoms with Gasteiger partial charge in [-0.15, -0.1) is 0 Å². The highest BCUT2D eigenvalue weighted by Gasteiger charge is 2.19. The third-order valence-electron chi connectivity index (χ3n) is 4.30. The predicted octanol–water partition coefficient (Wildman–Crippen LogP) is 0.928. The van der Waals surface area contributed by atoms with Crippen LogP contribution >= 0.6 is 11.6 Å². The molecule has 2 heterocycles. The summed E-state index contributed by atoms with van der Waals surface area (Å²) in [6.07, 6.45) is 0. The maximum absolute atomic E-state index is 13.0. The van der Waals surface area contributed by atoms with Gasteiger partial charge in [0.05, 0.1) is 13.2 Å². The Bertz CT molecular complexity index is 1080. The summed E-state index contributed by atoms with van der Waals surface area (Å²) in [7, 11) is 3.26. The standard InChI is InChI=1S/C17H20ClN5O3/c1-10(9-24)19-16-20-14-13(21(16)2)15(25)23(17(26)22(14)3)8-11-6-4-5-7-12(11)18/h4-7,10,24H,8-9H2,1-3H3,(H,19,20)/t10-/m0/s1. The normalized spacial score (nSPS) is 12.5. The van der Waals surface area contributed by atoms with Crippen LogP contribution < -0.4 is 16.6 Å². The fourth-order valence-corrected chi connectivity index (χ4v) is 2.97. The average molecular weight is 378 g/mol. The van der Waals surface area contributed by atoms with Crippen LogP contribution in [0.25, 0.3) is 11.2 Å². The monoisotopic (exact) mass is 377 g/mol. The molecule has 1 aromatic carbocycles. The van der Waals surface area contributed by atoms with E-state index in [0.717, 1.165) is 4.57 Å². The fourth-order valence-electron chi connectivity index (χ4n) is 2.78. The van der Waals surface area contributed by atoms with Crippen LogP contribution in [0.15, 0.2) is 33.9 Å². The SMILES string of the molecule is C[C@@H](CO)Nc1nc2c(c(=O)n(Cc3ccccc3Cl)c(=O)n2C)n1C. The molecule has 0 saturated heterocycles. The van der Waals surface area contributed by atoms with Gasteiger partial charge in [0.25, 0.3) is 5.56 Å². The van der Waals surface area contributed by atoms with Crippen LogP contribution in [0, 0.1) is 0 Å². The van der Waals surface area contributed by atoms with Gasteiger partial charge in [-0.2, -0.15) is 4.98 Å². The number of rotatable bonds is 5. The number of hydrogen-bond donors (Lipinski definition) is 2. The number of aromatic nitrogens is 4. The molecule has 26 heavy (non-hydrogen) atoms. The molecule has 3 aromatic rings. The molecule has 2 aromatic heterocycles. The molecule has 8 nitrogen and oxygen atoms in total. The van der Waals surface area contributed by atoms with Gasteiger partial charge in [0.15, 0.2) is 11.2 Å². The first-order chi connectivity index (χ1) is 12.3. The Balaban J connectivity index is 2.20. The van der Waals surface area contributed by atoms with E-state index in [9.17, 15) is 14.7 Å². The molecule has 138 valence electrons. The lowest BCUT2D eigenvalue weighted by Gasteiger charge is -2.11. The van der Waals surface area contributed by atoms with Gasteiger partial charge in [-0.05, 0) is 18.6 Å². The Morgan fingerprint density at radius 2 is 1.92 bits per heavy atom. The Morgan fingerprint density at radius 1 is 1.23 bits per heavy atom. The number of benzene rings is 1. The molecule has 0 bridgehead atoms. The summed E-state index contributed by atoms with van der Waals surface area (Å²) in [4.78, 5) is 30.0. The minimum absolute atomic E-state index is 0.0715. The van der Waals surface area contributed by atoms with Crippen LogP contribution in [-0.2, 0) is 20.6 Å². The summed E-state index contributed by atoms with van der Waals surface area (Å²) in [6, 6.07) is 6.84. The number of halogens is 1. The Morgan fingerprint density at radius 3 is 2.58 bits per heavy atom. The average Bonchev–Trinajstić information content (AvgIpc) is 2.95. The molecule has 0 aliphatic heterocycles. The number of anilines is 1. The number of aliphatic hydroxyl groups is 1. The lowest BCUT2D eigenvalue weighted by Crippen LogP contribution is -2.39. The molecule has 2 N–H and O–H groups in total. The van der Waals surface area contributed by atoms with Gasteiger partial charge >= 0.3 is 5.69 Å². The quantitative estimate of drug-likeness (QED) is 0.689. The van der Waals surface area contributed by atoms with E-state index < -0.39 is 11.2 Å². The van der Waals surface area contributed by atoms with Crippen molar-refractivity contribution >= 4 is 28.7 Å². The smallest absolute Gasteiger partial charge is 0.332 e. The number of nitrogens with one attached hydrogen (secondary N) is 1. The number of imidazole rings is 1. The van der Waals surface area contributed by atoms with Gasteiger partial charge < -0.3 is 15.0 Å². The maximum atomic E-state index is 13.0. The van der Waals surface area contributed by atoms with Crippen LogP contribution in [0.4, 0.5) is 5.95 Å². The van der Waals surface area contributed by atoms with E-state index in [2.05, 4.69) is 10.3 Å². The van der Waals surface area contributed by atoms with Crippen LogP contribution in [-0.4, -0.2) is 36.4 Å². The highest BCUT2D eigenvalue weighted by atomic mass is 35.5. The van der Waals surface area contributed by atoms with Crippen molar-refractivity contribution in [1.82, 2.24) is 18.7 Å². The van der Waals surface area contributed by atoms with Gasteiger partial charge in [-0.25, -0.2) is 4.79 Å². The van der Waals surface area contributed by atoms with E-state index in [1.165, 1.54) is 4.57 Å². The Kier molecular flexibility index (Phi) is 4.88. The van der Waals surface area contributed by atoms with E-state index in [0.29, 0.717) is 22.1 Å². The molecule has 3 rings (SSSR count). The highest BCUT2D eigenvalue weighted by Crippen LogP contribution is 2.17. The predicted molar refractivity (Wildman–Crippen MR) is 101 cm³/mol. The molecule has 0 fully saturated rings. The van der Waals surface area contributed by atoms with E-state index in [-0.39, 0.29) is 24.8 Å². The van der Waals surface area contributed by atoms with Gasteiger partial charge in [-0.1, -0.05) is 29.8 Å². The second kappa shape index (κ2) is 6.97. The van der Waals surface area contributed by atoms with Crippen LogP contribution in [0.5, 0.6) is 0 Å². The summed E-state index contributed by atoms with van der Waals surface area (Å²) in [5, 5.41) is 12.7. The third-order valence-corrected chi connectivity index (χ3v) is 4.66. The largest absolute Gasteiger partial charge is 0.394 e. The molecule has 0 aliphatic carbocycles. The number of nitrogens with zero attached hydrogens (tertiary/aromatic N) is 4. The summed E-state index contributed by atoms with van der Waals surface area (Å²) in [6.45, 7) is 1.77. The molecule has 0 amide bonds. The van der Waals surface area contributed by atoms with Crippen molar-refractivity contribution in [3.05, 3.63) is 55.7 Å². The summed E-state index contributed by atoms with van der Waals surface area (Å²) in [5.41, 5.74) is 0.351. The minimum Gasteiger partial charge on any atom is -0.394 e. The van der Waals surface area contributed by atoms with E-state index >= 15 is 0 Å². The van der Waals surface area contributed by atoms with Crippen molar-refractivity contribution < 1.29 is 5.11 Å². The molecule has 0 unspecified atom stereocenters. The van der Waals surface area contributed by atoms with Crippen LogP contribution in [0.1, 0.15) is 12.5 Å². The summed E-state index contributed by atoms with van der Waals surface area (Å²) in [5.74, 6) is 0.407. The first kappa shape index (κ1) is 18.2. The van der Waals surface area contributed by atoms with Crippen LogP contribution in [0.3, 0.4) is 0 Å². The van der Waals surface area contributed by atoms with Gasteiger partial charge in [0.2, 0.25) is 5.95 Å². The molecule has 0 saturated carbocycles. The summed E-state index contributed by atoms with van der Waals surface area (Å²) < 4.78 is 4.07. The number of aliphatic hydroxyl groups excluding tert-OH is 1. The van der Waals surface area contributed by atoms with Crippen molar-refractivity contribution in [3.63, 3.8) is 0 Å². The Hall–Kier alpha value is -2.58. The zero-order chi connectivity index (χ0) is 19.0. The number of fused-ring (bicyclic) bond motifs is 1. The zero-order valence-electron chi connectivity index (χ0n) is 14.7. The number of aryl methyl sites for hydroxylation is 2. The van der Waals surface area contributed by atoms with Gasteiger partial charge in [-0.3, -0.25) is 13.9 Å². The van der Waals surface area contributed by atoms with Crippen LogP contribution in [0.2, 0.25) is 5.02 Å². The zero-order valence-corrected chi connectivity index (χ0v) is 15.5. The van der Waals surface area contributed by atoms with Gasteiger partial charge in [0, 0.05) is 25.2 Å². The van der Waals surface area contributed by atoms with Crippen molar-refractivity contribution in [3.8, 4) is 0 Å². The molecule has 0 radical (unpaired) electrons. The fraction of sp³-hybridized carbons (Fsp3) is 0.353. The second-order valence-corrected chi connectivity index (χ2v) is 6.63. The minimum atomic E-state index is -0.470. The van der Waals surface area contributed by atoms with E-state index in [1.54, 1.807) is 49.9 Å².